The molecule has 0 aliphatic heterocycles. The van der Waals surface area contributed by atoms with Gasteiger partial charge in [0, 0.05) is 25.2 Å². The van der Waals surface area contributed by atoms with Gasteiger partial charge in [0.25, 0.3) is 0 Å². The number of nitrogens with two attached hydrogens (primary N) is 2. The van der Waals surface area contributed by atoms with E-state index < -0.39 is 0 Å². The molecule has 27 heavy (non-hydrogen) atoms. The lowest BCUT2D eigenvalue weighted by Gasteiger charge is -2.18. The Balaban J connectivity index is 0.000000465. The molecule has 144 valence electrons. The zero-order valence-electron chi connectivity index (χ0n) is 16.0. The standard InChI is InChI=1S/C19H21FN2.C2H6N2O/c1-13-5-3-7-18(20)15(13)11-12-17-16(14-9-10-14)6-4-8-19(17)22(2)21;1-4(3)2-5/h3-8,11-12,14H,9-10,21H2,1-2H3;2H,3H2,1H3/b12-11+;. The number of hydrazine groups is 2. The van der Waals surface area contributed by atoms with Crippen molar-refractivity contribution in [2.24, 2.45) is 11.7 Å². The number of amides is 1. The van der Waals surface area contributed by atoms with E-state index in [2.05, 4.69) is 6.07 Å². The van der Waals surface area contributed by atoms with Crippen LogP contribution in [-0.4, -0.2) is 25.5 Å². The van der Waals surface area contributed by atoms with E-state index in [-0.39, 0.29) is 5.82 Å². The minimum Gasteiger partial charge on any atom is -0.314 e. The van der Waals surface area contributed by atoms with Crippen molar-refractivity contribution in [3.8, 4) is 0 Å². The number of anilines is 1. The average Bonchev–Trinajstić information content (AvgIpc) is 3.46. The molecule has 6 heteroatoms. The predicted molar refractivity (Wildman–Crippen MR) is 109 cm³/mol. The van der Waals surface area contributed by atoms with Gasteiger partial charge in [-0.2, -0.15) is 0 Å². The van der Waals surface area contributed by atoms with E-state index in [1.807, 2.05) is 44.3 Å². The number of benzene rings is 2. The summed E-state index contributed by atoms with van der Waals surface area (Å²) in [7, 11) is 3.30. The van der Waals surface area contributed by atoms with Gasteiger partial charge in [0.1, 0.15) is 5.82 Å². The molecule has 0 heterocycles. The van der Waals surface area contributed by atoms with E-state index in [1.54, 1.807) is 11.1 Å². The molecule has 0 atom stereocenters. The van der Waals surface area contributed by atoms with Crippen LogP contribution in [0.2, 0.25) is 0 Å². The molecule has 1 saturated carbocycles. The molecular formula is C21H27FN4O. The van der Waals surface area contributed by atoms with Gasteiger partial charge in [-0.25, -0.2) is 16.1 Å². The Bertz CT molecular complexity index is 773. The number of hydrogen-bond acceptors (Lipinski definition) is 4. The van der Waals surface area contributed by atoms with Crippen LogP contribution in [0, 0.1) is 12.7 Å². The van der Waals surface area contributed by atoms with Crippen LogP contribution in [-0.2, 0) is 4.79 Å². The van der Waals surface area contributed by atoms with Crippen LogP contribution < -0.4 is 16.7 Å². The molecule has 0 saturated heterocycles. The van der Waals surface area contributed by atoms with Crippen LogP contribution in [0.5, 0.6) is 0 Å². The second-order valence-corrected chi connectivity index (χ2v) is 6.74. The lowest BCUT2D eigenvalue weighted by molar-refractivity contribution is -0.117. The largest absolute Gasteiger partial charge is 0.314 e. The van der Waals surface area contributed by atoms with Gasteiger partial charge in [-0.1, -0.05) is 36.4 Å². The Morgan fingerprint density at radius 1 is 1.04 bits per heavy atom. The van der Waals surface area contributed by atoms with Gasteiger partial charge in [0.2, 0.25) is 6.41 Å². The van der Waals surface area contributed by atoms with Crippen molar-refractivity contribution in [1.29, 1.82) is 0 Å². The van der Waals surface area contributed by atoms with Gasteiger partial charge in [-0.3, -0.25) is 9.80 Å². The predicted octanol–water partition coefficient (Wildman–Crippen LogP) is 3.44. The Labute approximate surface area is 160 Å². The van der Waals surface area contributed by atoms with Crippen molar-refractivity contribution in [2.45, 2.75) is 25.7 Å². The van der Waals surface area contributed by atoms with E-state index in [9.17, 15) is 9.18 Å². The number of hydrogen-bond donors (Lipinski definition) is 2. The molecule has 1 amide bonds. The van der Waals surface area contributed by atoms with Gasteiger partial charge in [0.15, 0.2) is 0 Å². The number of carbonyl (C=O) groups excluding carboxylic acids is 1. The summed E-state index contributed by atoms with van der Waals surface area (Å²) in [6.45, 7) is 1.92. The summed E-state index contributed by atoms with van der Waals surface area (Å²) < 4.78 is 14.0. The maximum Gasteiger partial charge on any atom is 0.223 e. The minimum atomic E-state index is -0.192. The molecule has 0 radical (unpaired) electrons. The summed E-state index contributed by atoms with van der Waals surface area (Å²) in [5.74, 6) is 11.1. The molecule has 0 unspecified atom stereocenters. The maximum absolute atomic E-state index is 14.0. The molecule has 2 aromatic carbocycles. The van der Waals surface area contributed by atoms with E-state index in [4.69, 9.17) is 11.7 Å². The highest BCUT2D eigenvalue weighted by Gasteiger charge is 2.26. The smallest absolute Gasteiger partial charge is 0.223 e. The van der Waals surface area contributed by atoms with E-state index >= 15 is 0 Å². The summed E-state index contributed by atoms with van der Waals surface area (Å²) in [5.41, 5.74) is 4.94. The van der Waals surface area contributed by atoms with E-state index in [0.717, 1.165) is 21.8 Å². The highest BCUT2D eigenvalue weighted by Crippen LogP contribution is 2.44. The maximum atomic E-state index is 14.0. The van der Waals surface area contributed by atoms with E-state index in [0.29, 0.717) is 17.9 Å². The van der Waals surface area contributed by atoms with Gasteiger partial charge >= 0.3 is 0 Å². The quantitative estimate of drug-likeness (QED) is 0.278. The van der Waals surface area contributed by atoms with Gasteiger partial charge in [0.05, 0.1) is 5.69 Å². The lowest BCUT2D eigenvalue weighted by atomic mass is 9.99. The van der Waals surface area contributed by atoms with Crippen LogP contribution in [0.15, 0.2) is 36.4 Å². The third kappa shape index (κ3) is 5.64. The molecule has 4 N–H and O–H groups in total. The monoisotopic (exact) mass is 370 g/mol. The lowest BCUT2D eigenvalue weighted by Crippen LogP contribution is -2.26. The Morgan fingerprint density at radius 3 is 2.15 bits per heavy atom. The van der Waals surface area contributed by atoms with Gasteiger partial charge < -0.3 is 5.01 Å². The Morgan fingerprint density at radius 2 is 1.63 bits per heavy atom. The molecule has 1 aliphatic rings. The van der Waals surface area contributed by atoms with E-state index in [1.165, 1.54) is 31.5 Å². The van der Waals surface area contributed by atoms with Crippen LogP contribution >= 0.6 is 0 Å². The Kier molecular flexibility index (Phi) is 7.10. The van der Waals surface area contributed by atoms with Crippen molar-refractivity contribution in [1.82, 2.24) is 5.01 Å². The average molecular weight is 370 g/mol. The highest BCUT2D eigenvalue weighted by molar-refractivity contribution is 5.80. The zero-order chi connectivity index (χ0) is 20.0. The fraction of sp³-hybridized carbons (Fsp3) is 0.286. The number of rotatable bonds is 5. The van der Waals surface area contributed by atoms with Crippen molar-refractivity contribution in [2.75, 3.05) is 19.1 Å². The second-order valence-electron chi connectivity index (χ2n) is 6.74. The number of nitrogens with zero attached hydrogens (tertiary/aromatic N) is 2. The van der Waals surface area contributed by atoms with Crippen molar-refractivity contribution >= 4 is 24.2 Å². The summed E-state index contributed by atoms with van der Waals surface area (Å²) in [5, 5.41) is 2.57. The molecule has 1 fully saturated rings. The molecule has 1 aliphatic carbocycles. The SMILES string of the molecule is CN(N)C=O.Cc1cccc(F)c1/C=C/c1c(C2CC2)cccc1N(C)N. The molecule has 2 aromatic rings. The summed E-state index contributed by atoms with van der Waals surface area (Å²) in [6.07, 6.45) is 6.82. The minimum absolute atomic E-state index is 0.192. The van der Waals surface area contributed by atoms with Crippen molar-refractivity contribution in [3.05, 3.63) is 64.5 Å². The zero-order valence-corrected chi connectivity index (χ0v) is 16.0. The Hall–Kier alpha value is -2.70. The first-order valence-electron chi connectivity index (χ1n) is 8.82. The molecular weight excluding hydrogens is 343 g/mol. The number of aryl methyl sites for hydroxylation is 1. The molecule has 5 nitrogen and oxygen atoms in total. The molecule has 3 rings (SSSR count). The second kappa shape index (κ2) is 9.30. The van der Waals surface area contributed by atoms with Crippen LogP contribution in [0.25, 0.3) is 12.2 Å². The van der Waals surface area contributed by atoms with Crippen LogP contribution in [0.3, 0.4) is 0 Å². The summed E-state index contributed by atoms with van der Waals surface area (Å²) in [6, 6.07) is 11.3. The van der Waals surface area contributed by atoms with Crippen LogP contribution in [0.1, 0.15) is 41.0 Å². The van der Waals surface area contributed by atoms with Crippen molar-refractivity contribution in [3.63, 3.8) is 0 Å². The first-order valence-corrected chi connectivity index (χ1v) is 8.82. The first kappa shape index (κ1) is 20.6. The third-order valence-electron chi connectivity index (χ3n) is 4.37. The van der Waals surface area contributed by atoms with Gasteiger partial charge in [-0.15, -0.1) is 0 Å². The molecule has 0 spiro atoms. The molecule has 0 bridgehead atoms. The third-order valence-corrected chi connectivity index (χ3v) is 4.37. The number of carbonyl (C=O) groups is 1. The first-order chi connectivity index (χ1) is 12.8. The normalized spacial score (nSPS) is 13.1. The fourth-order valence-electron chi connectivity index (χ4n) is 2.83. The van der Waals surface area contributed by atoms with Crippen molar-refractivity contribution < 1.29 is 9.18 Å². The van der Waals surface area contributed by atoms with Crippen LogP contribution in [0.4, 0.5) is 10.1 Å². The highest BCUT2D eigenvalue weighted by atomic mass is 19.1. The fourth-order valence-corrected chi connectivity index (χ4v) is 2.83. The molecule has 0 aromatic heterocycles. The summed E-state index contributed by atoms with van der Waals surface area (Å²) in [4.78, 5) is 9.31. The number of halogens is 1. The topological polar surface area (TPSA) is 75.6 Å². The van der Waals surface area contributed by atoms with Gasteiger partial charge in [-0.05, 0) is 48.9 Å². The summed E-state index contributed by atoms with van der Waals surface area (Å²) >= 11 is 0.